The predicted molar refractivity (Wildman–Crippen MR) is 73.9 cm³/mol. The molecule has 0 aromatic heterocycles. The minimum absolute atomic E-state index is 0.215. The van der Waals surface area contributed by atoms with Gasteiger partial charge in [0, 0.05) is 6.92 Å². The largest absolute Gasteiger partial charge is 0.480 e. The first kappa shape index (κ1) is 16.7. The maximum absolute atomic E-state index is 12.0. The van der Waals surface area contributed by atoms with Gasteiger partial charge >= 0.3 is 5.97 Å². The summed E-state index contributed by atoms with van der Waals surface area (Å²) >= 11 is 0. The molecule has 0 spiro atoms. The van der Waals surface area contributed by atoms with Gasteiger partial charge in [-0.1, -0.05) is 18.2 Å². The Bertz CT molecular complexity index is 691. The lowest BCUT2D eigenvalue weighted by Gasteiger charge is -2.13. The summed E-state index contributed by atoms with van der Waals surface area (Å²) in [6.45, 7) is 1.10. The van der Waals surface area contributed by atoms with Crippen molar-refractivity contribution >= 4 is 21.7 Å². The van der Waals surface area contributed by atoms with Crippen LogP contribution in [0.5, 0.6) is 0 Å². The van der Waals surface area contributed by atoms with Crippen LogP contribution in [0.25, 0.3) is 0 Å². The fourth-order valence-electron chi connectivity index (χ4n) is 1.73. The van der Waals surface area contributed by atoms with Crippen molar-refractivity contribution in [2.75, 3.05) is 5.75 Å². The van der Waals surface area contributed by atoms with Crippen molar-refractivity contribution in [3.05, 3.63) is 35.4 Å². The van der Waals surface area contributed by atoms with Gasteiger partial charge in [-0.3, -0.25) is 4.79 Å². The summed E-state index contributed by atoms with van der Waals surface area (Å²) < 4.78 is 24.1. The maximum Gasteiger partial charge on any atom is 0.327 e. The molecule has 2 N–H and O–H groups in total. The Balaban J connectivity index is 2.93. The molecule has 0 aliphatic rings. The topological polar surface area (TPSA) is 124 Å². The Hall–Kier alpha value is -2.40. The summed E-state index contributed by atoms with van der Waals surface area (Å²) in [5.74, 6) is -3.25. The van der Waals surface area contributed by atoms with E-state index in [0.29, 0.717) is 5.56 Å². The molecule has 1 amide bonds. The number of benzene rings is 1. The Morgan fingerprint density at radius 3 is 2.52 bits per heavy atom. The SMILES string of the molecule is CC(=O)N[C@@H](CS(=O)(=O)Cc1ccccc1C#N)C(=O)O. The highest BCUT2D eigenvalue weighted by Crippen LogP contribution is 2.13. The number of carboxylic acid groups (broad SMARTS) is 1. The smallest absolute Gasteiger partial charge is 0.327 e. The van der Waals surface area contributed by atoms with Gasteiger partial charge in [-0.15, -0.1) is 0 Å². The number of hydrogen-bond donors (Lipinski definition) is 2. The number of hydrogen-bond acceptors (Lipinski definition) is 5. The second kappa shape index (κ2) is 6.85. The highest BCUT2D eigenvalue weighted by molar-refractivity contribution is 7.90. The van der Waals surface area contributed by atoms with Crippen molar-refractivity contribution in [2.45, 2.75) is 18.7 Å². The minimum atomic E-state index is -3.80. The molecule has 0 heterocycles. The van der Waals surface area contributed by atoms with E-state index in [0.717, 1.165) is 6.92 Å². The number of carbonyl (C=O) groups is 2. The van der Waals surface area contributed by atoms with Crippen LogP contribution >= 0.6 is 0 Å². The summed E-state index contributed by atoms with van der Waals surface area (Å²) in [7, 11) is -3.80. The van der Waals surface area contributed by atoms with Gasteiger partial charge in [0.1, 0.15) is 6.04 Å². The highest BCUT2D eigenvalue weighted by Gasteiger charge is 2.26. The molecular weight excluding hydrogens is 296 g/mol. The number of rotatable bonds is 6. The number of carbonyl (C=O) groups excluding carboxylic acids is 1. The van der Waals surface area contributed by atoms with Gasteiger partial charge in [-0.25, -0.2) is 13.2 Å². The number of nitrogens with one attached hydrogen (secondary N) is 1. The van der Waals surface area contributed by atoms with E-state index in [4.69, 9.17) is 10.4 Å². The zero-order chi connectivity index (χ0) is 16.0. The molecule has 1 aromatic carbocycles. The summed E-state index contributed by atoms with van der Waals surface area (Å²) in [6, 6.07) is 6.53. The molecule has 21 heavy (non-hydrogen) atoms. The lowest BCUT2D eigenvalue weighted by Crippen LogP contribution is -2.44. The second-order valence-electron chi connectivity index (χ2n) is 4.41. The highest BCUT2D eigenvalue weighted by atomic mass is 32.2. The number of sulfone groups is 1. The Labute approximate surface area is 122 Å². The Morgan fingerprint density at radius 2 is 2.00 bits per heavy atom. The molecular formula is C13H14N2O5S. The molecule has 0 fully saturated rings. The van der Waals surface area contributed by atoms with Crippen molar-refractivity contribution in [1.29, 1.82) is 5.26 Å². The Kier molecular flexibility index (Phi) is 5.44. The molecule has 0 aliphatic heterocycles. The summed E-state index contributed by atoms with van der Waals surface area (Å²) in [5.41, 5.74) is 0.513. The van der Waals surface area contributed by atoms with Gasteiger partial charge in [-0.2, -0.15) is 5.26 Å². The summed E-state index contributed by atoms with van der Waals surface area (Å²) in [5, 5.41) is 19.9. The molecule has 0 saturated heterocycles. The van der Waals surface area contributed by atoms with Crippen molar-refractivity contribution in [2.24, 2.45) is 0 Å². The maximum atomic E-state index is 12.0. The third-order valence-corrected chi connectivity index (χ3v) is 4.20. The Morgan fingerprint density at radius 1 is 1.38 bits per heavy atom. The monoisotopic (exact) mass is 310 g/mol. The lowest BCUT2D eigenvalue weighted by atomic mass is 10.1. The van der Waals surface area contributed by atoms with Gasteiger partial charge in [0.2, 0.25) is 5.91 Å². The number of nitrogens with zero attached hydrogens (tertiary/aromatic N) is 1. The molecule has 0 radical (unpaired) electrons. The van der Waals surface area contributed by atoms with Crippen LogP contribution in [0.4, 0.5) is 0 Å². The van der Waals surface area contributed by atoms with Gasteiger partial charge in [0.05, 0.1) is 23.1 Å². The van der Waals surface area contributed by atoms with Crippen molar-refractivity contribution < 1.29 is 23.1 Å². The van der Waals surface area contributed by atoms with Crippen LogP contribution in [0.15, 0.2) is 24.3 Å². The fourth-order valence-corrected chi connectivity index (χ4v) is 3.30. The summed E-state index contributed by atoms with van der Waals surface area (Å²) in [4.78, 5) is 21.8. The second-order valence-corrected chi connectivity index (χ2v) is 6.52. The normalized spacial score (nSPS) is 12.2. The average Bonchev–Trinajstić information content (AvgIpc) is 2.37. The first-order chi connectivity index (χ1) is 9.75. The van der Waals surface area contributed by atoms with Crippen LogP contribution in [-0.4, -0.2) is 37.2 Å². The molecule has 0 bridgehead atoms. The molecule has 1 aromatic rings. The number of amides is 1. The van der Waals surface area contributed by atoms with Gasteiger partial charge in [0.15, 0.2) is 9.84 Å². The number of nitriles is 1. The van der Waals surface area contributed by atoms with Crippen LogP contribution in [0.3, 0.4) is 0 Å². The van der Waals surface area contributed by atoms with E-state index in [2.05, 4.69) is 5.32 Å². The van der Waals surface area contributed by atoms with Gasteiger partial charge in [-0.05, 0) is 11.6 Å². The van der Waals surface area contributed by atoms with E-state index in [1.807, 2.05) is 6.07 Å². The predicted octanol–water partition coefficient (Wildman–Crippen LogP) is 0.0624. The quantitative estimate of drug-likeness (QED) is 0.765. The first-order valence-electron chi connectivity index (χ1n) is 5.93. The van der Waals surface area contributed by atoms with Gasteiger partial charge in [0.25, 0.3) is 0 Å². The lowest BCUT2D eigenvalue weighted by molar-refractivity contribution is -0.140. The zero-order valence-corrected chi connectivity index (χ0v) is 12.1. The molecule has 0 aliphatic carbocycles. The van der Waals surface area contributed by atoms with Crippen LogP contribution in [-0.2, 0) is 25.2 Å². The van der Waals surface area contributed by atoms with Crippen LogP contribution in [0, 0.1) is 11.3 Å². The van der Waals surface area contributed by atoms with E-state index in [1.165, 1.54) is 12.1 Å². The van der Waals surface area contributed by atoms with E-state index < -0.39 is 39.3 Å². The third kappa shape index (κ3) is 5.24. The van der Waals surface area contributed by atoms with Crippen molar-refractivity contribution in [3.63, 3.8) is 0 Å². The van der Waals surface area contributed by atoms with E-state index in [-0.39, 0.29) is 5.56 Å². The molecule has 1 atom stereocenters. The van der Waals surface area contributed by atoms with Crippen LogP contribution in [0.2, 0.25) is 0 Å². The minimum Gasteiger partial charge on any atom is -0.480 e. The number of carboxylic acids is 1. The van der Waals surface area contributed by atoms with Crippen LogP contribution < -0.4 is 5.32 Å². The molecule has 0 unspecified atom stereocenters. The molecule has 0 saturated carbocycles. The number of aliphatic carboxylic acids is 1. The van der Waals surface area contributed by atoms with Crippen molar-refractivity contribution in [1.82, 2.24) is 5.32 Å². The standard InChI is InChI=1S/C13H14N2O5S/c1-9(16)15-12(13(17)18)8-21(19,20)7-11-5-3-2-4-10(11)6-14/h2-5,12H,7-8H2,1H3,(H,15,16)(H,17,18)/t12-/m0/s1. The fraction of sp³-hybridized carbons (Fsp3) is 0.308. The van der Waals surface area contributed by atoms with Crippen molar-refractivity contribution in [3.8, 4) is 6.07 Å². The zero-order valence-electron chi connectivity index (χ0n) is 11.2. The third-order valence-electron chi connectivity index (χ3n) is 2.61. The molecule has 8 heteroatoms. The van der Waals surface area contributed by atoms with E-state index >= 15 is 0 Å². The molecule has 7 nitrogen and oxygen atoms in total. The summed E-state index contributed by atoms with van der Waals surface area (Å²) in [6.07, 6.45) is 0. The average molecular weight is 310 g/mol. The molecule has 1 rings (SSSR count). The first-order valence-corrected chi connectivity index (χ1v) is 7.75. The van der Waals surface area contributed by atoms with Crippen LogP contribution in [0.1, 0.15) is 18.1 Å². The van der Waals surface area contributed by atoms with E-state index in [9.17, 15) is 18.0 Å². The van der Waals surface area contributed by atoms with Gasteiger partial charge < -0.3 is 10.4 Å². The van der Waals surface area contributed by atoms with E-state index in [1.54, 1.807) is 12.1 Å². The molecule has 112 valence electrons.